The van der Waals surface area contributed by atoms with Crippen LogP contribution in [0.25, 0.3) is 0 Å². The van der Waals surface area contributed by atoms with Gasteiger partial charge in [0, 0.05) is 25.6 Å². The van der Waals surface area contributed by atoms with Gasteiger partial charge in [-0.15, -0.1) is 0 Å². The van der Waals surface area contributed by atoms with Crippen molar-refractivity contribution in [2.24, 2.45) is 13.0 Å². The number of ether oxygens (including phenoxy) is 1. The number of nitrogens with one attached hydrogen (secondary N) is 1. The van der Waals surface area contributed by atoms with E-state index in [2.05, 4.69) is 10.4 Å². The second kappa shape index (κ2) is 6.81. The summed E-state index contributed by atoms with van der Waals surface area (Å²) in [7, 11) is 1.72. The van der Waals surface area contributed by atoms with Crippen LogP contribution in [0.3, 0.4) is 0 Å². The zero-order valence-electron chi connectivity index (χ0n) is 15.6. The van der Waals surface area contributed by atoms with Gasteiger partial charge in [0.2, 0.25) is 5.91 Å². The molecule has 0 radical (unpaired) electrons. The highest BCUT2D eigenvalue weighted by Crippen LogP contribution is 2.50. The molecule has 2 aliphatic rings. The SMILES string of the molecule is Cc1nn(C)cc1[C@H]1[C@H]2O[C@H](C[C@@H]2O)[C@@H]1C(=O)Nc1cccc(C(F)(F)F)c1F. The highest BCUT2D eigenvalue weighted by atomic mass is 19.4. The molecule has 0 spiro atoms. The second-order valence-corrected chi connectivity index (χ2v) is 7.49. The molecule has 29 heavy (non-hydrogen) atoms. The summed E-state index contributed by atoms with van der Waals surface area (Å²) in [6.45, 7) is 1.76. The number of rotatable bonds is 3. The molecule has 10 heteroatoms. The number of aryl methyl sites for hydroxylation is 2. The highest BCUT2D eigenvalue weighted by molar-refractivity contribution is 5.94. The molecule has 0 aliphatic carbocycles. The molecule has 6 nitrogen and oxygen atoms in total. The van der Waals surface area contributed by atoms with Gasteiger partial charge >= 0.3 is 6.18 Å². The van der Waals surface area contributed by atoms with E-state index in [4.69, 9.17) is 4.74 Å². The van der Waals surface area contributed by atoms with E-state index in [-0.39, 0.29) is 6.42 Å². The fourth-order valence-corrected chi connectivity index (χ4v) is 4.42. The number of amides is 1. The number of benzene rings is 1. The number of aliphatic hydroxyl groups excluding tert-OH is 1. The monoisotopic (exact) mass is 413 g/mol. The molecule has 2 aromatic rings. The zero-order valence-corrected chi connectivity index (χ0v) is 15.6. The van der Waals surface area contributed by atoms with E-state index in [9.17, 15) is 27.5 Å². The maximum atomic E-state index is 14.3. The third-order valence-electron chi connectivity index (χ3n) is 5.60. The Kier molecular flexibility index (Phi) is 4.66. The summed E-state index contributed by atoms with van der Waals surface area (Å²) in [5.41, 5.74) is -0.628. The smallest absolute Gasteiger partial charge is 0.390 e. The molecule has 5 atom stereocenters. The maximum absolute atomic E-state index is 14.3. The third-order valence-corrected chi connectivity index (χ3v) is 5.60. The lowest BCUT2D eigenvalue weighted by atomic mass is 9.74. The lowest BCUT2D eigenvalue weighted by Gasteiger charge is -2.29. The zero-order chi connectivity index (χ0) is 21.1. The molecule has 3 heterocycles. The van der Waals surface area contributed by atoms with E-state index in [0.717, 1.165) is 12.1 Å². The van der Waals surface area contributed by atoms with Gasteiger partial charge in [-0.05, 0) is 24.6 Å². The Morgan fingerprint density at radius 2 is 2.10 bits per heavy atom. The molecule has 2 saturated heterocycles. The standard InChI is InChI=1S/C19H19F4N3O3/c1-8-9(7-26(2)25-8)14-15(13-6-12(27)17(14)29-13)18(28)24-11-5-3-4-10(16(11)20)19(21,22)23/h3-5,7,12-15,17,27H,6H2,1-2H3,(H,24,28)/t12-,13+,14+,15-,17-/m0/s1. The molecule has 2 fully saturated rings. The van der Waals surface area contributed by atoms with Crippen LogP contribution in [0.1, 0.15) is 29.2 Å². The Balaban J connectivity index is 1.65. The van der Waals surface area contributed by atoms with E-state index in [1.807, 2.05) is 0 Å². The molecule has 0 saturated carbocycles. The van der Waals surface area contributed by atoms with E-state index >= 15 is 0 Å². The van der Waals surface area contributed by atoms with E-state index in [1.165, 1.54) is 0 Å². The fraction of sp³-hybridized carbons (Fsp3) is 0.474. The van der Waals surface area contributed by atoms with Gasteiger partial charge in [0.25, 0.3) is 0 Å². The first-order valence-electron chi connectivity index (χ1n) is 9.08. The highest BCUT2D eigenvalue weighted by Gasteiger charge is 2.57. The lowest BCUT2D eigenvalue weighted by Crippen LogP contribution is -2.41. The van der Waals surface area contributed by atoms with Crippen LogP contribution in [0.2, 0.25) is 0 Å². The van der Waals surface area contributed by atoms with Crippen molar-refractivity contribution in [1.82, 2.24) is 9.78 Å². The van der Waals surface area contributed by atoms with Gasteiger partial charge in [-0.1, -0.05) is 6.07 Å². The first kappa shape index (κ1) is 19.8. The molecule has 2 N–H and O–H groups in total. The van der Waals surface area contributed by atoms with Crippen molar-refractivity contribution in [3.63, 3.8) is 0 Å². The number of aromatic nitrogens is 2. The molecule has 4 rings (SSSR count). The molecule has 156 valence electrons. The van der Waals surface area contributed by atoms with Crippen molar-refractivity contribution < 1.29 is 32.2 Å². The molecule has 0 unspecified atom stereocenters. The quantitative estimate of drug-likeness (QED) is 0.759. The minimum atomic E-state index is -4.88. The van der Waals surface area contributed by atoms with E-state index in [1.54, 1.807) is 24.9 Å². The fourth-order valence-electron chi connectivity index (χ4n) is 4.42. The molecule has 1 amide bonds. The van der Waals surface area contributed by atoms with Gasteiger partial charge in [0.1, 0.15) is 0 Å². The van der Waals surface area contributed by atoms with Crippen molar-refractivity contribution in [3.05, 3.63) is 47.0 Å². The first-order valence-corrected chi connectivity index (χ1v) is 9.08. The molecule has 1 aromatic heterocycles. The van der Waals surface area contributed by atoms with E-state index in [0.29, 0.717) is 17.3 Å². The van der Waals surface area contributed by atoms with Gasteiger partial charge in [0.15, 0.2) is 5.82 Å². The summed E-state index contributed by atoms with van der Waals surface area (Å²) < 4.78 is 60.5. The van der Waals surface area contributed by atoms with Crippen LogP contribution in [0.15, 0.2) is 24.4 Å². The summed E-state index contributed by atoms with van der Waals surface area (Å²) in [4.78, 5) is 13.0. The molecular formula is C19H19F4N3O3. The Labute approximate surface area is 163 Å². The number of hydrogen-bond donors (Lipinski definition) is 2. The topological polar surface area (TPSA) is 76.4 Å². The average Bonchev–Trinajstić information content (AvgIpc) is 3.26. The normalized spacial score (nSPS) is 28.7. The second-order valence-electron chi connectivity index (χ2n) is 7.49. The largest absolute Gasteiger partial charge is 0.419 e. The van der Waals surface area contributed by atoms with Crippen molar-refractivity contribution in [2.75, 3.05) is 5.32 Å². The molecule has 2 bridgehead atoms. The molecule has 2 aliphatic heterocycles. The number of carbonyl (C=O) groups excluding carboxylic acids is 1. The van der Waals surface area contributed by atoms with E-state index < -0.39 is 59.3 Å². The van der Waals surface area contributed by atoms with Crippen LogP contribution in [0, 0.1) is 18.7 Å². The summed E-state index contributed by atoms with van der Waals surface area (Å²) >= 11 is 0. The summed E-state index contributed by atoms with van der Waals surface area (Å²) in [6.07, 6.45) is -4.94. The number of anilines is 1. The van der Waals surface area contributed by atoms with Gasteiger partial charge in [-0.2, -0.15) is 18.3 Å². The van der Waals surface area contributed by atoms with Crippen LogP contribution < -0.4 is 5.32 Å². The Morgan fingerprint density at radius 1 is 1.38 bits per heavy atom. The van der Waals surface area contributed by atoms with Crippen LogP contribution in [-0.4, -0.2) is 39.1 Å². The number of alkyl halides is 3. The van der Waals surface area contributed by atoms with Crippen molar-refractivity contribution in [1.29, 1.82) is 0 Å². The summed E-state index contributed by atoms with van der Waals surface area (Å²) in [6, 6.07) is 2.73. The number of halogens is 4. The number of fused-ring (bicyclic) bond motifs is 2. The Morgan fingerprint density at radius 3 is 2.72 bits per heavy atom. The Hall–Kier alpha value is -2.46. The van der Waals surface area contributed by atoms with Gasteiger partial charge in [-0.3, -0.25) is 9.48 Å². The van der Waals surface area contributed by atoms with Crippen LogP contribution >= 0.6 is 0 Å². The number of aliphatic hydroxyl groups is 1. The van der Waals surface area contributed by atoms with Crippen LogP contribution in [-0.2, 0) is 22.8 Å². The number of carbonyl (C=O) groups is 1. The maximum Gasteiger partial charge on any atom is 0.419 e. The van der Waals surface area contributed by atoms with Gasteiger partial charge in [0.05, 0.1) is 41.2 Å². The molecule has 1 aromatic carbocycles. The average molecular weight is 413 g/mol. The van der Waals surface area contributed by atoms with Crippen molar-refractivity contribution in [3.8, 4) is 0 Å². The van der Waals surface area contributed by atoms with Gasteiger partial charge in [-0.25, -0.2) is 4.39 Å². The molecular weight excluding hydrogens is 394 g/mol. The third kappa shape index (κ3) is 3.29. The Bertz CT molecular complexity index is 959. The minimum absolute atomic E-state index is 0.226. The van der Waals surface area contributed by atoms with Gasteiger partial charge < -0.3 is 15.2 Å². The number of hydrogen-bond acceptors (Lipinski definition) is 4. The first-order chi connectivity index (χ1) is 13.6. The van der Waals surface area contributed by atoms with Crippen LogP contribution in [0.4, 0.5) is 23.2 Å². The predicted octanol–water partition coefficient (Wildman–Crippen LogP) is 2.76. The summed E-state index contributed by atoms with van der Waals surface area (Å²) in [5, 5.41) is 16.8. The minimum Gasteiger partial charge on any atom is -0.390 e. The number of nitrogens with zero attached hydrogens (tertiary/aromatic N) is 2. The predicted molar refractivity (Wildman–Crippen MR) is 93.5 cm³/mol. The van der Waals surface area contributed by atoms with Crippen molar-refractivity contribution in [2.45, 2.75) is 43.8 Å². The van der Waals surface area contributed by atoms with Crippen molar-refractivity contribution >= 4 is 11.6 Å². The summed E-state index contributed by atoms with van der Waals surface area (Å²) in [5.74, 6) is -3.52. The lowest BCUT2D eigenvalue weighted by molar-refractivity contribution is -0.140. The van der Waals surface area contributed by atoms with Crippen LogP contribution in [0.5, 0.6) is 0 Å².